The number of pyridine rings is 2. The van der Waals surface area contributed by atoms with Crippen LogP contribution >= 0.6 is 0 Å². The zero-order valence-electron chi connectivity index (χ0n) is 16.7. The van der Waals surface area contributed by atoms with E-state index in [1.165, 1.54) is 0 Å². The van der Waals surface area contributed by atoms with Crippen LogP contribution in [0.4, 0.5) is 10.6 Å². The lowest BCUT2D eigenvalue weighted by molar-refractivity contribution is 0.149. The maximum absolute atomic E-state index is 12.5. The molecular formula is C23H24N4O3. The summed E-state index contributed by atoms with van der Waals surface area (Å²) >= 11 is 0. The lowest BCUT2D eigenvalue weighted by Gasteiger charge is -2.34. The van der Waals surface area contributed by atoms with Crippen molar-refractivity contribution in [3.8, 4) is 11.5 Å². The van der Waals surface area contributed by atoms with E-state index < -0.39 is 0 Å². The van der Waals surface area contributed by atoms with E-state index >= 15 is 0 Å². The number of hydrogen-bond donors (Lipinski definition) is 0. The van der Waals surface area contributed by atoms with E-state index in [2.05, 4.69) is 14.9 Å². The van der Waals surface area contributed by atoms with Crippen molar-refractivity contribution < 1.29 is 14.3 Å². The Hall–Kier alpha value is -3.61. The second-order valence-electron chi connectivity index (χ2n) is 6.96. The van der Waals surface area contributed by atoms with Gasteiger partial charge in [0.1, 0.15) is 17.3 Å². The Morgan fingerprint density at radius 1 is 0.900 bits per heavy atom. The van der Waals surface area contributed by atoms with Gasteiger partial charge in [-0.15, -0.1) is 0 Å². The van der Waals surface area contributed by atoms with Crippen LogP contribution in [0.1, 0.15) is 5.56 Å². The molecule has 2 aromatic heterocycles. The SMILES string of the molecule is O=C(Oc1ccc(CCOc2cccnc2)cc1)N1CCN(c2ccccn2)CC1. The Bertz CT molecular complexity index is 928. The van der Waals surface area contributed by atoms with Crippen molar-refractivity contribution in [1.29, 1.82) is 0 Å². The molecule has 0 saturated carbocycles. The molecule has 1 aromatic carbocycles. The highest BCUT2D eigenvalue weighted by Gasteiger charge is 2.23. The molecule has 1 amide bonds. The standard InChI is InChI=1S/C23H24N4O3/c28-23(27-15-13-26(14-16-27)22-5-1-2-12-25-22)30-20-8-6-19(7-9-20)10-17-29-21-4-3-11-24-18-21/h1-9,11-12,18H,10,13-17H2. The average molecular weight is 404 g/mol. The van der Waals surface area contributed by atoms with Gasteiger partial charge < -0.3 is 19.3 Å². The van der Waals surface area contributed by atoms with E-state index in [0.29, 0.717) is 25.4 Å². The number of piperazine rings is 1. The van der Waals surface area contributed by atoms with Crippen molar-refractivity contribution >= 4 is 11.9 Å². The van der Waals surface area contributed by atoms with Crippen LogP contribution in [0.3, 0.4) is 0 Å². The Balaban J connectivity index is 1.22. The van der Waals surface area contributed by atoms with Crippen molar-refractivity contribution in [2.75, 3.05) is 37.7 Å². The minimum atomic E-state index is -0.316. The summed E-state index contributed by atoms with van der Waals surface area (Å²) < 4.78 is 11.2. The van der Waals surface area contributed by atoms with Gasteiger partial charge in [0, 0.05) is 45.0 Å². The summed E-state index contributed by atoms with van der Waals surface area (Å²) in [4.78, 5) is 24.8. The topological polar surface area (TPSA) is 67.8 Å². The predicted molar refractivity (Wildman–Crippen MR) is 114 cm³/mol. The first-order chi connectivity index (χ1) is 14.8. The molecule has 30 heavy (non-hydrogen) atoms. The minimum absolute atomic E-state index is 0.316. The van der Waals surface area contributed by atoms with E-state index in [0.717, 1.165) is 36.6 Å². The largest absolute Gasteiger partial charge is 0.492 e. The Labute approximate surface area is 175 Å². The van der Waals surface area contributed by atoms with Gasteiger partial charge in [0.15, 0.2) is 0 Å². The van der Waals surface area contributed by atoms with Crippen LogP contribution in [0.2, 0.25) is 0 Å². The highest BCUT2D eigenvalue weighted by molar-refractivity contribution is 5.71. The molecule has 1 aliphatic heterocycles. The van der Waals surface area contributed by atoms with E-state index in [4.69, 9.17) is 9.47 Å². The van der Waals surface area contributed by atoms with Gasteiger partial charge in [-0.3, -0.25) is 4.98 Å². The molecule has 0 atom stereocenters. The van der Waals surface area contributed by atoms with E-state index in [9.17, 15) is 4.79 Å². The normalized spacial score (nSPS) is 13.7. The highest BCUT2D eigenvalue weighted by Crippen LogP contribution is 2.17. The number of benzene rings is 1. The Morgan fingerprint density at radius 3 is 2.43 bits per heavy atom. The van der Waals surface area contributed by atoms with Crippen molar-refractivity contribution in [3.63, 3.8) is 0 Å². The molecule has 4 rings (SSSR count). The number of carbonyl (C=O) groups is 1. The van der Waals surface area contributed by atoms with Crippen molar-refractivity contribution in [2.45, 2.75) is 6.42 Å². The van der Waals surface area contributed by atoms with Gasteiger partial charge in [0.2, 0.25) is 0 Å². The van der Waals surface area contributed by atoms with Crippen LogP contribution in [0.5, 0.6) is 11.5 Å². The first-order valence-electron chi connectivity index (χ1n) is 10.0. The summed E-state index contributed by atoms with van der Waals surface area (Å²) in [5, 5.41) is 0. The lowest BCUT2D eigenvalue weighted by Crippen LogP contribution is -2.49. The third kappa shape index (κ3) is 5.26. The molecular weight excluding hydrogens is 380 g/mol. The van der Waals surface area contributed by atoms with Gasteiger partial charge in [-0.1, -0.05) is 18.2 Å². The number of rotatable bonds is 6. The summed E-state index contributed by atoms with van der Waals surface area (Å²) in [7, 11) is 0. The fourth-order valence-electron chi connectivity index (χ4n) is 3.27. The molecule has 1 fully saturated rings. The molecule has 154 valence electrons. The number of anilines is 1. The maximum atomic E-state index is 12.5. The van der Waals surface area contributed by atoms with Gasteiger partial charge in [-0.25, -0.2) is 9.78 Å². The highest BCUT2D eigenvalue weighted by atomic mass is 16.6. The number of nitrogens with zero attached hydrogens (tertiary/aromatic N) is 4. The van der Waals surface area contributed by atoms with Gasteiger partial charge in [-0.05, 0) is 42.0 Å². The monoisotopic (exact) mass is 404 g/mol. The number of aromatic nitrogens is 2. The molecule has 0 spiro atoms. The third-order valence-corrected chi connectivity index (χ3v) is 4.93. The number of amides is 1. The van der Waals surface area contributed by atoms with Crippen LogP contribution in [0.15, 0.2) is 73.2 Å². The number of ether oxygens (including phenoxy) is 2. The smallest absolute Gasteiger partial charge is 0.415 e. The van der Waals surface area contributed by atoms with Crippen LogP contribution in [0.25, 0.3) is 0 Å². The van der Waals surface area contributed by atoms with Crippen LogP contribution in [0, 0.1) is 0 Å². The van der Waals surface area contributed by atoms with E-state index in [1.807, 2.05) is 54.6 Å². The Morgan fingerprint density at radius 2 is 1.73 bits per heavy atom. The van der Waals surface area contributed by atoms with Crippen molar-refractivity contribution in [3.05, 3.63) is 78.8 Å². The van der Waals surface area contributed by atoms with E-state index in [1.54, 1.807) is 23.5 Å². The van der Waals surface area contributed by atoms with Crippen LogP contribution in [-0.2, 0) is 6.42 Å². The molecule has 3 aromatic rings. The van der Waals surface area contributed by atoms with Crippen molar-refractivity contribution in [2.24, 2.45) is 0 Å². The quantitative estimate of drug-likeness (QED) is 0.627. The van der Waals surface area contributed by atoms with Gasteiger partial charge in [0.05, 0.1) is 12.8 Å². The molecule has 0 unspecified atom stereocenters. The summed E-state index contributed by atoms with van der Waals surface area (Å²) in [5.74, 6) is 2.24. The Kier molecular flexibility index (Phi) is 6.39. The summed E-state index contributed by atoms with van der Waals surface area (Å²) in [6.07, 6.45) is 5.64. The van der Waals surface area contributed by atoms with E-state index in [-0.39, 0.29) is 6.09 Å². The molecule has 0 bridgehead atoms. The van der Waals surface area contributed by atoms with Gasteiger partial charge >= 0.3 is 6.09 Å². The maximum Gasteiger partial charge on any atom is 0.415 e. The summed E-state index contributed by atoms with van der Waals surface area (Å²) in [6, 6.07) is 17.1. The number of carbonyl (C=O) groups excluding carboxylic acids is 1. The first-order valence-corrected chi connectivity index (χ1v) is 10.0. The number of hydrogen-bond acceptors (Lipinski definition) is 6. The second-order valence-corrected chi connectivity index (χ2v) is 6.96. The fraction of sp³-hybridized carbons (Fsp3) is 0.261. The molecule has 3 heterocycles. The van der Waals surface area contributed by atoms with Gasteiger partial charge in [-0.2, -0.15) is 0 Å². The summed E-state index contributed by atoms with van der Waals surface area (Å²) in [5.41, 5.74) is 1.11. The molecule has 0 radical (unpaired) electrons. The van der Waals surface area contributed by atoms with Crippen molar-refractivity contribution in [1.82, 2.24) is 14.9 Å². The molecule has 1 aliphatic rings. The first kappa shape index (κ1) is 19.7. The molecule has 0 N–H and O–H groups in total. The molecule has 7 heteroatoms. The predicted octanol–water partition coefficient (Wildman–Crippen LogP) is 3.42. The minimum Gasteiger partial charge on any atom is -0.492 e. The van der Waals surface area contributed by atoms with Crippen LogP contribution < -0.4 is 14.4 Å². The molecule has 1 saturated heterocycles. The third-order valence-electron chi connectivity index (χ3n) is 4.93. The second kappa shape index (κ2) is 9.73. The van der Waals surface area contributed by atoms with Gasteiger partial charge in [0.25, 0.3) is 0 Å². The zero-order valence-corrected chi connectivity index (χ0v) is 16.7. The van der Waals surface area contributed by atoms with Crippen LogP contribution in [-0.4, -0.2) is 53.7 Å². The molecule has 0 aliphatic carbocycles. The molecule has 7 nitrogen and oxygen atoms in total. The summed E-state index contributed by atoms with van der Waals surface area (Å²) in [6.45, 7) is 3.26. The lowest BCUT2D eigenvalue weighted by atomic mass is 10.1. The fourth-order valence-corrected chi connectivity index (χ4v) is 3.27. The average Bonchev–Trinajstić information content (AvgIpc) is 2.81. The zero-order chi connectivity index (χ0) is 20.6.